The van der Waals surface area contributed by atoms with Crippen molar-refractivity contribution in [1.82, 2.24) is 4.90 Å². The Morgan fingerprint density at radius 1 is 1.17 bits per heavy atom. The Hall–Kier alpha value is -0.0800. The second-order valence-electron chi connectivity index (χ2n) is 7.06. The van der Waals surface area contributed by atoms with Crippen LogP contribution < -0.4 is 5.73 Å². The normalized spacial score (nSPS) is 29.7. The molecular weight excluding hydrogens is 220 g/mol. The third-order valence-electron chi connectivity index (χ3n) is 5.18. The number of hydrogen-bond donors (Lipinski definition) is 1. The van der Waals surface area contributed by atoms with Crippen molar-refractivity contribution in [1.29, 1.82) is 0 Å². The molecule has 0 radical (unpaired) electrons. The maximum atomic E-state index is 6.56. The first-order valence-corrected chi connectivity index (χ1v) is 8.12. The van der Waals surface area contributed by atoms with E-state index in [4.69, 9.17) is 5.73 Å². The summed E-state index contributed by atoms with van der Waals surface area (Å²) in [7, 11) is 0. The van der Waals surface area contributed by atoms with Gasteiger partial charge in [-0.05, 0) is 64.8 Å². The third kappa shape index (κ3) is 3.96. The van der Waals surface area contributed by atoms with Gasteiger partial charge >= 0.3 is 0 Å². The average Bonchev–Trinajstić information content (AvgIpc) is 2.38. The maximum absolute atomic E-state index is 6.56. The summed E-state index contributed by atoms with van der Waals surface area (Å²) in [6.45, 7) is 7.28. The molecule has 0 bridgehead atoms. The van der Waals surface area contributed by atoms with E-state index in [9.17, 15) is 0 Å². The minimum Gasteiger partial charge on any atom is -0.325 e. The Morgan fingerprint density at radius 2 is 1.89 bits per heavy atom. The average molecular weight is 252 g/mol. The lowest BCUT2D eigenvalue weighted by Crippen LogP contribution is -2.44. The van der Waals surface area contributed by atoms with Crippen molar-refractivity contribution in [3.05, 3.63) is 0 Å². The summed E-state index contributed by atoms with van der Waals surface area (Å²) in [6.07, 6.45) is 12.1. The Balaban J connectivity index is 1.75. The molecule has 0 aromatic rings. The minimum atomic E-state index is 0.193. The fourth-order valence-corrected chi connectivity index (χ4v) is 3.80. The van der Waals surface area contributed by atoms with Gasteiger partial charge in [0.2, 0.25) is 0 Å². The van der Waals surface area contributed by atoms with Crippen LogP contribution in [0.1, 0.15) is 71.6 Å². The number of rotatable bonds is 4. The monoisotopic (exact) mass is 252 g/mol. The Kier molecular flexibility index (Phi) is 5.08. The molecule has 1 aliphatic heterocycles. The lowest BCUT2D eigenvalue weighted by Gasteiger charge is -2.38. The summed E-state index contributed by atoms with van der Waals surface area (Å²) in [5.41, 5.74) is 6.75. The molecule has 106 valence electrons. The van der Waals surface area contributed by atoms with Gasteiger partial charge in [0.15, 0.2) is 0 Å². The summed E-state index contributed by atoms with van der Waals surface area (Å²) in [4.78, 5) is 2.65. The van der Waals surface area contributed by atoms with Gasteiger partial charge in [0, 0.05) is 18.1 Å². The van der Waals surface area contributed by atoms with E-state index in [0.717, 1.165) is 5.92 Å². The van der Waals surface area contributed by atoms with Crippen LogP contribution in [0, 0.1) is 5.92 Å². The first-order chi connectivity index (χ1) is 8.59. The summed E-state index contributed by atoms with van der Waals surface area (Å²) in [6, 6.07) is 0.717. The van der Waals surface area contributed by atoms with E-state index < -0.39 is 0 Å². The number of likely N-dealkylation sites (tertiary alicyclic amines) is 1. The van der Waals surface area contributed by atoms with Crippen LogP contribution in [0.15, 0.2) is 0 Å². The molecule has 2 fully saturated rings. The van der Waals surface area contributed by atoms with Gasteiger partial charge in [0.05, 0.1) is 0 Å². The fourth-order valence-electron chi connectivity index (χ4n) is 3.80. The summed E-state index contributed by atoms with van der Waals surface area (Å²) in [5, 5.41) is 0. The van der Waals surface area contributed by atoms with E-state index in [1.54, 1.807) is 0 Å². The smallest absolute Gasteiger partial charge is 0.0154 e. The molecule has 2 rings (SSSR count). The SMILES string of the molecule is CC(C)N1CCCC(CCC2(N)CCCCC2)C1. The maximum Gasteiger partial charge on any atom is 0.0154 e. The Morgan fingerprint density at radius 3 is 2.56 bits per heavy atom. The second kappa shape index (κ2) is 6.38. The molecule has 1 aliphatic carbocycles. The molecule has 1 heterocycles. The highest BCUT2D eigenvalue weighted by Gasteiger charge is 2.29. The summed E-state index contributed by atoms with van der Waals surface area (Å²) < 4.78 is 0. The lowest BCUT2D eigenvalue weighted by atomic mass is 9.77. The Bertz CT molecular complexity index is 243. The molecular formula is C16H32N2. The summed E-state index contributed by atoms with van der Waals surface area (Å²) >= 11 is 0. The van der Waals surface area contributed by atoms with Crippen LogP contribution in [0.5, 0.6) is 0 Å². The molecule has 2 N–H and O–H groups in total. The van der Waals surface area contributed by atoms with Gasteiger partial charge in [-0.15, -0.1) is 0 Å². The predicted molar refractivity (Wildman–Crippen MR) is 78.7 cm³/mol. The van der Waals surface area contributed by atoms with Gasteiger partial charge in [-0.3, -0.25) is 0 Å². The molecule has 18 heavy (non-hydrogen) atoms. The largest absolute Gasteiger partial charge is 0.325 e. The van der Waals surface area contributed by atoms with Crippen molar-refractivity contribution >= 4 is 0 Å². The Labute approximate surface area is 113 Å². The highest BCUT2D eigenvalue weighted by Crippen LogP contribution is 2.32. The minimum absolute atomic E-state index is 0.193. The topological polar surface area (TPSA) is 29.3 Å². The predicted octanol–water partition coefficient (Wildman–Crippen LogP) is 3.55. The van der Waals surface area contributed by atoms with Crippen LogP contribution in [-0.4, -0.2) is 29.6 Å². The van der Waals surface area contributed by atoms with E-state index in [1.165, 1.54) is 70.9 Å². The molecule has 0 aromatic carbocycles. The third-order valence-corrected chi connectivity index (χ3v) is 5.18. The first-order valence-electron chi connectivity index (χ1n) is 8.12. The molecule has 0 amide bonds. The van der Waals surface area contributed by atoms with Crippen molar-refractivity contribution in [2.75, 3.05) is 13.1 Å². The van der Waals surface area contributed by atoms with Gasteiger partial charge < -0.3 is 10.6 Å². The molecule has 1 unspecified atom stereocenters. The molecule has 1 saturated carbocycles. The van der Waals surface area contributed by atoms with Gasteiger partial charge in [0.1, 0.15) is 0 Å². The van der Waals surface area contributed by atoms with Crippen LogP contribution in [0.2, 0.25) is 0 Å². The highest BCUT2D eigenvalue weighted by atomic mass is 15.2. The summed E-state index contributed by atoms with van der Waals surface area (Å²) in [5.74, 6) is 0.906. The van der Waals surface area contributed by atoms with Crippen LogP contribution in [0.3, 0.4) is 0 Å². The van der Waals surface area contributed by atoms with Crippen LogP contribution >= 0.6 is 0 Å². The van der Waals surface area contributed by atoms with Gasteiger partial charge in [-0.1, -0.05) is 19.3 Å². The first kappa shape index (κ1) is 14.3. The number of piperidine rings is 1. The van der Waals surface area contributed by atoms with E-state index in [0.29, 0.717) is 6.04 Å². The van der Waals surface area contributed by atoms with Crippen molar-refractivity contribution < 1.29 is 0 Å². The van der Waals surface area contributed by atoms with Crippen LogP contribution in [0.25, 0.3) is 0 Å². The molecule has 1 atom stereocenters. The molecule has 0 spiro atoms. The van der Waals surface area contributed by atoms with E-state index in [1.807, 2.05) is 0 Å². The molecule has 0 aromatic heterocycles. The molecule has 2 nitrogen and oxygen atoms in total. The zero-order valence-electron chi connectivity index (χ0n) is 12.5. The van der Waals surface area contributed by atoms with E-state index >= 15 is 0 Å². The zero-order chi connectivity index (χ0) is 13.0. The van der Waals surface area contributed by atoms with Crippen molar-refractivity contribution in [3.8, 4) is 0 Å². The quantitative estimate of drug-likeness (QED) is 0.829. The zero-order valence-corrected chi connectivity index (χ0v) is 12.5. The molecule has 2 aliphatic rings. The van der Waals surface area contributed by atoms with E-state index in [-0.39, 0.29) is 5.54 Å². The van der Waals surface area contributed by atoms with Crippen LogP contribution in [0.4, 0.5) is 0 Å². The lowest BCUT2D eigenvalue weighted by molar-refractivity contribution is 0.126. The van der Waals surface area contributed by atoms with Crippen molar-refractivity contribution in [3.63, 3.8) is 0 Å². The van der Waals surface area contributed by atoms with E-state index in [2.05, 4.69) is 18.7 Å². The standard InChI is InChI=1S/C16H32N2/c1-14(2)18-12-6-7-15(13-18)8-11-16(17)9-4-3-5-10-16/h14-15H,3-13,17H2,1-2H3. The van der Waals surface area contributed by atoms with Gasteiger partial charge in [-0.2, -0.15) is 0 Å². The number of hydrogen-bond acceptors (Lipinski definition) is 2. The second-order valence-corrected chi connectivity index (χ2v) is 7.06. The number of nitrogens with zero attached hydrogens (tertiary/aromatic N) is 1. The fraction of sp³-hybridized carbons (Fsp3) is 1.00. The van der Waals surface area contributed by atoms with Crippen molar-refractivity contribution in [2.45, 2.75) is 83.2 Å². The molecule has 2 heteroatoms. The van der Waals surface area contributed by atoms with Gasteiger partial charge in [0.25, 0.3) is 0 Å². The molecule has 1 saturated heterocycles. The number of nitrogens with two attached hydrogens (primary N) is 1. The van der Waals surface area contributed by atoms with Gasteiger partial charge in [-0.25, -0.2) is 0 Å². The highest BCUT2D eigenvalue weighted by molar-refractivity contribution is 4.88. The van der Waals surface area contributed by atoms with Crippen molar-refractivity contribution in [2.24, 2.45) is 11.7 Å². The van der Waals surface area contributed by atoms with Crippen LogP contribution in [-0.2, 0) is 0 Å².